The summed E-state index contributed by atoms with van der Waals surface area (Å²) in [5.41, 5.74) is 2.04. The number of hydrogen-bond acceptors (Lipinski definition) is 8. The van der Waals surface area contributed by atoms with Gasteiger partial charge >= 0.3 is 0 Å². The molecule has 2 N–H and O–H groups in total. The third-order valence-corrected chi connectivity index (χ3v) is 11.9. The fourth-order valence-electron chi connectivity index (χ4n) is 5.07. The van der Waals surface area contributed by atoms with Gasteiger partial charge in [0.05, 0.1) is 10.9 Å². The van der Waals surface area contributed by atoms with Crippen LogP contribution in [0.1, 0.15) is 27.7 Å². The van der Waals surface area contributed by atoms with E-state index in [0.717, 1.165) is 10.4 Å². The molecule has 4 unspecified atom stereocenters. The summed E-state index contributed by atoms with van der Waals surface area (Å²) in [4.78, 5) is 0.724. The van der Waals surface area contributed by atoms with E-state index >= 15 is 0 Å². The molecule has 43 heavy (non-hydrogen) atoms. The van der Waals surface area contributed by atoms with Gasteiger partial charge in [0.1, 0.15) is 30.5 Å². The van der Waals surface area contributed by atoms with Crippen molar-refractivity contribution in [3.05, 3.63) is 56.2 Å². The van der Waals surface area contributed by atoms with Gasteiger partial charge in [-0.05, 0) is 115 Å². The van der Waals surface area contributed by atoms with Gasteiger partial charge in [0.25, 0.3) is 0 Å². The molecule has 244 valence electrons. The number of thiophene rings is 1. The van der Waals surface area contributed by atoms with Crippen molar-refractivity contribution < 1.29 is 32.7 Å². The second-order valence-corrected chi connectivity index (χ2v) is 35.1. The number of ether oxygens (including phenoxy) is 1. The molecule has 0 bridgehead atoms. The SMILES string of the molecule is Cc1ccc(C2(O)OC(CO[Si](C)(C)C)[C@@H](O[Si](C)(C)C)C(O[Si](C)(C)C)[C@H]2O[Si](C)(C)C)cc1C(O)c1ccc(Cl)s1. The lowest BCUT2D eigenvalue weighted by atomic mass is 9.86. The molecule has 0 spiro atoms. The summed E-state index contributed by atoms with van der Waals surface area (Å²) >= 11 is 7.53. The topological polar surface area (TPSA) is 86.6 Å². The van der Waals surface area contributed by atoms with Crippen molar-refractivity contribution in [1.29, 1.82) is 0 Å². The van der Waals surface area contributed by atoms with Crippen LogP contribution in [-0.4, -0.2) is 74.5 Å². The van der Waals surface area contributed by atoms with Crippen molar-refractivity contribution in [1.82, 2.24) is 0 Å². The molecule has 1 aromatic carbocycles. The van der Waals surface area contributed by atoms with Crippen molar-refractivity contribution in [2.24, 2.45) is 0 Å². The molecule has 0 aliphatic carbocycles. The van der Waals surface area contributed by atoms with E-state index in [9.17, 15) is 10.2 Å². The van der Waals surface area contributed by atoms with Gasteiger partial charge in [0, 0.05) is 10.4 Å². The number of halogens is 1. The summed E-state index contributed by atoms with van der Waals surface area (Å²) in [5.74, 6) is -1.90. The minimum atomic E-state index is -2.27. The number of benzene rings is 1. The van der Waals surface area contributed by atoms with Gasteiger partial charge in [-0.25, -0.2) is 0 Å². The van der Waals surface area contributed by atoms with Gasteiger partial charge in [-0.15, -0.1) is 11.3 Å². The molecule has 1 aromatic heterocycles. The largest absolute Gasteiger partial charge is 0.415 e. The number of aliphatic hydroxyl groups is 2. The Kier molecular flexibility index (Phi) is 11.7. The molecular weight excluding hydrogens is 652 g/mol. The highest BCUT2D eigenvalue weighted by Gasteiger charge is 2.59. The third-order valence-electron chi connectivity index (χ3n) is 6.70. The molecule has 0 amide bonds. The third kappa shape index (κ3) is 10.4. The first-order valence-corrected chi connectivity index (χ1v) is 29.8. The van der Waals surface area contributed by atoms with Gasteiger partial charge in [-0.2, -0.15) is 0 Å². The van der Waals surface area contributed by atoms with Crippen LogP contribution in [0, 0.1) is 6.92 Å². The highest BCUT2D eigenvalue weighted by Crippen LogP contribution is 2.44. The van der Waals surface area contributed by atoms with E-state index in [-0.39, 0.29) is 6.61 Å². The Morgan fingerprint density at radius 3 is 1.88 bits per heavy atom. The van der Waals surface area contributed by atoms with Crippen molar-refractivity contribution in [2.45, 2.75) is 122 Å². The van der Waals surface area contributed by atoms with E-state index in [2.05, 4.69) is 78.6 Å². The fourth-order valence-corrected chi connectivity index (χ4v) is 10.0. The average molecular weight is 706 g/mol. The summed E-state index contributed by atoms with van der Waals surface area (Å²) in [6.07, 6.45) is -3.51. The lowest BCUT2D eigenvalue weighted by Gasteiger charge is -2.54. The molecule has 1 saturated heterocycles. The molecule has 7 nitrogen and oxygen atoms in total. The van der Waals surface area contributed by atoms with Gasteiger partial charge in [0.15, 0.2) is 33.3 Å². The van der Waals surface area contributed by atoms with Crippen LogP contribution in [0.25, 0.3) is 0 Å². The molecule has 3 rings (SSSR count). The first-order chi connectivity index (χ1) is 19.4. The molecule has 0 radical (unpaired) electrons. The highest BCUT2D eigenvalue weighted by molar-refractivity contribution is 7.16. The number of aryl methyl sites for hydroxylation is 1. The standard InChI is InChI=1S/C30H53ClO7SSi4/c1-20-14-15-21(18-22(20)26(32)24-16-17-25(31)39-24)30(33)29(38-43(11,12)13)28(37-42(8,9)10)27(36-41(5,6)7)23(35-30)19-34-40(2,3)4/h14-18,23,26-29,32-33H,19H2,1-13H3/t23?,26?,27-,28?,29-,30?/m1/s1. The van der Waals surface area contributed by atoms with Gasteiger partial charge in [-0.1, -0.05) is 23.7 Å². The molecule has 1 fully saturated rings. The molecule has 13 heteroatoms. The summed E-state index contributed by atoms with van der Waals surface area (Å²) < 4.78 is 34.4. The van der Waals surface area contributed by atoms with Gasteiger partial charge in [0.2, 0.25) is 5.79 Å². The molecule has 1 aliphatic rings. The van der Waals surface area contributed by atoms with Crippen LogP contribution in [0.15, 0.2) is 30.3 Å². The molecule has 1 aliphatic heterocycles. The van der Waals surface area contributed by atoms with Crippen LogP contribution in [0.4, 0.5) is 0 Å². The smallest absolute Gasteiger partial charge is 0.221 e. The van der Waals surface area contributed by atoms with E-state index in [1.165, 1.54) is 11.3 Å². The van der Waals surface area contributed by atoms with E-state index in [0.29, 0.717) is 15.5 Å². The number of aliphatic hydroxyl groups excluding tert-OH is 1. The van der Waals surface area contributed by atoms with Gasteiger partial charge < -0.3 is 32.7 Å². The minimum absolute atomic E-state index is 0.257. The van der Waals surface area contributed by atoms with E-state index < -0.39 is 69.6 Å². The van der Waals surface area contributed by atoms with E-state index in [1.54, 1.807) is 6.07 Å². The summed E-state index contributed by atoms with van der Waals surface area (Å²) in [5, 5.41) is 24.2. The van der Waals surface area contributed by atoms with Crippen molar-refractivity contribution in [3.8, 4) is 0 Å². The van der Waals surface area contributed by atoms with Gasteiger partial charge in [-0.3, -0.25) is 0 Å². The predicted octanol–water partition coefficient (Wildman–Crippen LogP) is 7.85. The molecule has 2 heterocycles. The Morgan fingerprint density at radius 1 is 0.837 bits per heavy atom. The zero-order valence-corrected chi connectivity index (χ0v) is 33.8. The predicted molar refractivity (Wildman–Crippen MR) is 187 cm³/mol. The highest BCUT2D eigenvalue weighted by atomic mass is 35.5. The Hall–Kier alpha value is -0.202. The number of hydrogen-bond donors (Lipinski definition) is 2. The maximum atomic E-state index is 12.8. The van der Waals surface area contributed by atoms with E-state index in [4.69, 9.17) is 34.0 Å². The Morgan fingerprint density at radius 2 is 1.40 bits per heavy atom. The summed E-state index contributed by atoms with van der Waals surface area (Å²) in [6, 6.07) is 9.19. The minimum Gasteiger partial charge on any atom is -0.415 e. The van der Waals surface area contributed by atoms with Crippen LogP contribution >= 0.6 is 22.9 Å². The first-order valence-electron chi connectivity index (χ1n) is 15.0. The number of rotatable bonds is 12. The molecule has 2 aromatic rings. The van der Waals surface area contributed by atoms with Crippen molar-refractivity contribution in [3.63, 3.8) is 0 Å². The normalized spacial score (nSPS) is 26.5. The Labute approximate surface area is 272 Å². The monoisotopic (exact) mass is 704 g/mol. The first kappa shape index (κ1) is 37.3. The van der Waals surface area contributed by atoms with Crippen LogP contribution in [0.3, 0.4) is 0 Å². The van der Waals surface area contributed by atoms with Crippen LogP contribution in [0.5, 0.6) is 0 Å². The van der Waals surface area contributed by atoms with Crippen LogP contribution in [0.2, 0.25) is 82.9 Å². The second-order valence-electron chi connectivity index (χ2n) is 15.4. The zero-order valence-electron chi connectivity index (χ0n) is 28.2. The molecule has 0 saturated carbocycles. The van der Waals surface area contributed by atoms with E-state index in [1.807, 2.05) is 31.2 Å². The Bertz CT molecular complexity index is 1230. The second kappa shape index (κ2) is 13.5. The Balaban J connectivity index is 2.24. The van der Waals surface area contributed by atoms with Crippen molar-refractivity contribution >= 4 is 56.2 Å². The van der Waals surface area contributed by atoms with Crippen LogP contribution < -0.4 is 0 Å². The summed E-state index contributed by atoms with van der Waals surface area (Å²) in [7, 11) is -8.53. The summed E-state index contributed by atoms with van der Waals surface area (Å²) in [6.45, 7) is 27.7. The maximum absolute atomic E-state index is 12.8. The fraction of sp³-hybridized carbons (Fsp3) is 0.667. The maximum Gasteiger partial charge on any atom is 0.221 e. The zero-order chi connectivity index (χ0) is 32.8. The van der Waals surface area contributed by atoms with Crippen molar-refractivity contribution in [2.75, 3.05) is 6.61 Å². The van der Waals surface area contributed by atoms with Crippen LogP contribution in [-0.2, 0) is 28.2 Å². The molecular formula is C30H53ClO7SSi4. The lowest BCUT2D eigenvalue weighted by molar-refractivity contribution is -0.348. The quantitative estimate of drug-likeness (QED) is 0.218. The molecule has 6 atom stereocenters. The average Bonchev–Trinajstić information content (AvgIpc) is 3.25. The lowest BCUT2D eigenvalue weighted by Crippen LogP contribution is -2.69.